The maximum atomic E-state index is 13.8. The van der Waals surface area contributed by atoms with Crippen molar-refractivity contribution in [1.29, 1.82) is 0 Å². The van der Waals surface area contributed by atoms with Crippen LogP contribution in [-0.4, -0.2) is 83.0 Å². The minimum atomic E-state index is -4.48. The van der Waals surface area contributed by atoms with E-state index < -0.39 is 17.8 Å². The largest absolute Gasteiger partial charge is 0.416 e. The molecule has 3 amide bonds. The number of nitrogens with one attached hydrogen (secondary N) is 1. The van der Waals surface area contributed by atoms with Gasteiger partial charge in [-0.2, -0.15) is 18.3 Å². The number of ether oxygens (including phenoxy) is 1. The lowest BCUT2D eigenvalue weighted by atomic mass is 10.1. The van der Waals surface area contributed by atoms with Crippen molar-refractivity contribution in [3.05, 3.63) is 76.2 Å². The van der Waals surface area contributed by atoms with Crippen LogP contribution < -0.4 is 5.32 Å². The number of benzene rings is 1. The van der Waals surface area contributed by atoms with Gasteiger partial charge in [0.25, 0.3) is 5.91 Å². The zero-order valence-electron chi connectivity index (χ0n) is 22.5. The molecule has 1 saturated heterocycles. The number of halogens is 3. The van der Waals surface area contributed by atoms with Crippen LogP contribution in [-0.2, 0) is 22.8 Å². The number of urea groups is 1. The fraction of sp³-hybridized carbons (Fsp3) is 0.393. The zero-order valence-corrected chi connectivity index (χ0v) is 23.3. The Balaban J connectivity index is 1.35. The number of hydrogen-bond donors (Lipinski definition) is 1. The van der Waals surface area contributed by atoms with E-state index >= 15 is 0 Å². The van der Waals surface area contributed by atoms with E-state index in [0.29, 0.717) is 39.3 Å². The number of alkyl halides is 3. The number of hydrogen-bond acceptors (Lipinski definition) is 6. The molecule has 0 spiro atoms. The maximum Gasteiger partial charge on any atom is 0.416 e. The van der Waals surface area contributed by atoms with Crippen LogP contribution >= 0.6 is 11.3 Å². The molecule has 13 heteroatoms. The average molecular weight is 589 g/mol. The summed E-state index contributed by atoms with van der Waals surface area (Å²) in [5, 5.41) is 10.8. The molecule has 0 saturated carbocycles. The summed E-state index contributed by atoms with van der Waals surface area (Å²) in [6.45, 7) is 3.09. The van der Waals surface area contributed by atoms with E-state index in [-0.39, 0.29) is 30.7 Å². The molecule has 1 N–H and O–H groups in total. The molecule has 218 valence electrons. The molecule has 9 nitrogen and oxygen atoms in total. The molecule has 0 radical (unpaired) electrons. The number of thiophene rings is 1. The summed E-state index contributed by atoms with van der Waals surface area (Å²) in [6.07, 6.45) is -2.03. The summed E-state index contributed by atoms with van der Waals surface area (Å²) in [7, 11) is 1.91. The molecule has 0 bridgehead atoms. The third-order valence-corrected chi connectivity index (χ3v) is 8.08. The van der Waals surface area contributed by atoms with Gasteiger partial charge in [0.1, 0.15) is 12.6 Å². The lowest BCUT2D eigenvalue weighted by Crippen LogP contribution is -2.47. The van der Waals surface area contributed by atoms with Crippen molar-refractivity contribution < 1.29 is 27.5 Å². The minimum Gasteiger partial charge on any atom is -0.379 e. The first-order valence-electron chi connectivity index (χ1n) is 13.3. The minimum absolute atomic E-state index is 0.202. The Kier molecular flexibility index (Phi) is 8.76. The quantitative estimate of drug-likeness (QED) is 0.416. The molecule has 1 atom stereocenters. The molecule has 41 heavy (non-hydrogen) atoms. The molecule has 2 aliphatic rings. The third-order valence-electron chi connectivity index (χ3n) is 7.16. The first-order chi connectivity index (χ1) is 19.7. The van der Waals surface area contributed by atoms with Gasteiger partial charge in [0.15, 0.2) is 0 Å². The first-order valence-corrected chi connectivity index (χ1v) is 14.1. The Morgan fingerprint density at radius 3 is 2.51 bits per heavy atom. The number of nitrogens with zero attached hydrogens (tertiary/aromatic N) is 5. The topological polar surface area (TPSA) is 82.4 Å². The number of rotatable bonds is 8. The lowest BCUT2D eigenvalue weighted by molar-refractivity contribution is -0.137. The first kappa shape index (κ1) is 28.8. The monoisotopic (exact) mass is 588 g/mol. The van der Waals surface area contributed by atoms with Crippen molar-refractivity contribution in [2.45, 2.75) is 18.6 Å². The molecule has 0 unspecified atom stereocenters. The highest BCUT2D eigenvalue weighted by atomic mass is 32.1. The van der Waals surface area contributed by atoms with Gasteiger partial charge >= 0.3 is 12.2 Å². The molecule has 2 aliphatic heterocycles. The molecule has 0 aliphatic carbocycles. The lowest BCUT2D eigenvalue weighted by Gasteiger charge is -2.31. The van der Waals surface area contributed by atoms with Gasteiger partial charge in [-0.3, -0.25) is 9.69 Å². The smallest absolute Gasteiger partial charge is 0.379 e. The van der Waals surface area contributed by atoms with Gasteiger partial charge in [0.2, 0.25) is 0 Å². The molecule has 5 rings (SSSR count). The van der Waals surface area contributed by atoms with Crippen molar-refractivity contribution in [2.75, 3.05) is 51.3 Å². The number of carbonyl (C=O) groups is 2. The van der Waals surface area contributed by atoms with Crippen molar-refractivity contribution in [2.24, 2.45) is 12.1 Å². The zero-order chi connectivity index (χ0) is 29.0. The molecule has 2 aromatic heterocycles. The predicted octanol–water partition coefficient (Wildman–Crippen LogP) is 4.65. The van der Waals surface area contributed by atoms with E-state index in [1.165, 1.54) is 22.0 Å². The Hall–Kier alpha value is -3.68. The van der Waals surface area contributed by atoms with Gasteiger partial charge in [-0.15, -0.1) is 11.3 Å². The number of aromatic nitrogens is 1. The molecule has 4 heterocycles. The number of hydrazone groups is 1. The van der Waals surface area contributed by atoms with E-state index in [1.54, 1.807) is 11.3 Å². The molecule has 1 aromatic carbocycles. The van der Waals surface area contributed by atoms with E-state index in [4.69, 9.17) is 9.84 Å². The number of carbonyl (C=O) groups excluding carboxylic acids is 2. The average Bonchev–Trinajstić information content (AvgIpc) is 3.72. The second kappa shape index (κ2) is 12.5. The SMILES string of the molecule is Cn1cccc1[C@@H]1CC(c2cccs2)=NN1C(=O)CN(CCN1CCOCC1)C(=O)Nc1ccc(C(F)(F)F)cc1. The van der Waals surface area contributed by atoms with Crippen LogP contribution in [0.3, 0.4) is 0 Å². The van der Waals surface area contributed by atoms with Crippen molar-refractivity contribution >= 4 is 34.7 Å². The standard InChI is InChI=1S/C28H31F3N6O3S/c1-34-10-2-4-23(34)24-18-22(25-5-3-17-41-25)33-37(24)26(38)19-36(12-11-35-13-15-40-16-14-35)27(39)32-21-8-6-20(7-9-21)28(29,30)31/h2-10,17,24H,11-16,18-19H2,1H3,(H,32,39)/t24-/m0/s1. The van der Waals surface area contributed by atoms with Gasteiger partial charge in [-0.25, -0.2) is 9.80 Å². The van der Waals surface area contributed by atoms with Crippen LogP contribution in [0.1, 0.15) is 28.6 Å². The molecular weight excluding hydrogens is 557 g/mol. The highest BCUT2D eigenvalue weighted by Gasteiger charge is 2.36. The van der Waals surface area contributed by atoms with Gasteiger partial charge < -0.3 is 19.5 Å². The van der Waals surface area contributed by atoms with Crippen LogP contribution in [0.2, 0.25) is 0 Å². The summed E-state index contributed by atoms with van der Waals surface area (Å²) in [5.41, 5.74) is 1.11. The van der Waals surface area contributed by atoms with Crippen LogP contribution in [0.5, 0.6) is 0 Å². The summed E-state index contributed by atoms with van der Waals surface area (Å²) in [5.74, 6) is -0.354. The van der Waals surface area contributed by atoms with Crippen LogP contribution in [0.4, 0.5) is 23.7 Å². The van der Waals surface area contributed by atoms with Crippen molar-refractivity contribution in [3.8, 4) is 0 Å². The normalized spacial score (nSPS) is 17.9. The Morgan fingerprint density at radius 1 is 1.12 bits per heavy atom. The Morgan fingerprint density at radius 2 is 1.88 bits per heavy atom. The number of amides is 3. The number of anilines is 1. The van der Waals surface area contributed by atoms with Gasteiger partial charge in [0.05, 0.1) is 29.4 Å². The van der Waals surface area contributed by atoms with Crippen molar-refractivity contribution in [1.82, 2.24) is 19.4 Å². The van der Waals surface area contributed by atoms with Crippen LogP contribution in [0.25, 0.3) is 0 Å². The van der Waals surface area contributed by atoms with Gasteiger partial charge in [-0.1, -0.05) is 6.07 Å². The van der Waals surface area contributed by atoms with Crippen LogP contribution in [0.15, 0.2) is 65.2 Å². The highest BCUT2D eigenvalue weighted by Crippen LogP contribution is 2.34. The fourth-order valence-corrected chi connectivity index (χ4v) is 5.62. The molecular formula is C28H31F3N6O3S. The number of aryl methyl sites for hydroxylation is 1. The van der Waals surface area contributed by atoms with E-state index in [2.05, 4.69) is 10.2 Å². The Labute approximate surface area is 239 Å². The van der Waals surface area contributed by atoms with Gasteiger partial charge in [-0.05, 0) is 47.8 Å². The van der Waals surface area contributed by atoms with E-state index in [1.807, 2.05) is 47.5 Å². The third kappa shape index (κ3) is 6.97. The van der Waals surface area contributed by atoms with Gasteiger partial charge in [0, 0.05) is 57.2 Å². The molecule has 3 aromatic rings. The second-order valence-corrected chi connectivity index (χ2v) is 10.9. The maximum absolute atomic E-state index is 13.8. The molecule has 1 fully saturated rings. The van der Waals surface area contributed by atoms with E-state index in [0.717, 1.165) is 28.4 Å². The number of morpholine rings is 1. The van der Waals surface area contributed by atoms with Crippen LogP contribution in [0, 0.1) is 0 Å². The Bertz CT molecular complexity index is 1370. The summed E-state index contributed by atoms with van der Waals surface area (Å²) in [6, 6.07) is 11.1. The predicted molar refractivity (Wildman–Crippen MR) is 150 cm³/mol. The van der Waals surface area contributed by atoms with Crippen molar-refractivity contribution in [3.63, 3.8) is 0 Å². The summed E-state index contributed by atoms with van der Waals surface area (Å²) >= 11 is 1.55. The summed E-state index contributed by atoms with van der Waals surface area (Å²) in [4.78, 5) is 31.7. The highest BCUT2D eigenvalue weighted by molar-refractivity contribution is 7.12. The summed E-state index contributed by atoms with van der Waals surface area (Å²) < 4.78 is 46.3. The second-order valence-electron chi connectivity index (χ2n) is 9.91. The fourth-order valence-electron chi connectivity index (χ4n) is 4.90. The van der Waals surface area contributed by atoms with E-state index in [9.17, 15) is 22.8 Å².